The third-order valence-electron chi connectivity index (χ3n) is 3.78. The maximum Gasteiger partial charge on any atom is 0.339 e. The number of carbonyl (C=O) groups is 2. The van der Waals surface area contributed by atoms with E-state index in [1.165, 1.54) is 12.7 Å². The van der Waals surface area contributed by atoms with Crippen molar-refractivity contribution in [3.05, 3.63) is 59.7 Å². The van der Waals surface area contributed by atoms with E-state index in [2.05, 4.69) is 24.5 Å². The lowest BCUT2D eigenvalue weighted by Crippen LogP contribution is -2.32. The van der Waals surface area contributed by atoms with Crippen molar-refractivity contribution in [2.24, 2.45) is 0 Å². The molecule has 0 radical (unpaired) electrons. The second kappa shape index (κ2) is 9.46. The molecule has 138 valence electrons. The average Bonchev–Trinajstić information content (AvgIpc) is 2.65. The van der Waals surface area contributed by atoms with Crippen LogP contribution >= 0.6 is 0 Å². The van der Waals surface area contributed by atoms with E-state index >= 15 is 0 Å². The molecule has 0 aliphatic heterocycles. The number of urea groups is 1. The van der Waals surface area contributed by atoms with E-state index in [9.17, 15) is 9.59 Å². The van der Waals surface area contributed by atoms with Gasteiger partial charge in [-0.15, -0.1) is 0 Å². The molecule has 6 nitrogen and oxygen atoms in total. The standard InChI is InChI=1S/C20H24N2O4/c1-14(2)15-8-10-16(11-9-15)26-13-12-21-20(24)22-18-7-5-4-6-17(18)19(23)25-3/h4-11,14H,12-13H2,1-3H3,(H2,21,22,24). The highest BCUT2D eigenvalue weighted by Gasteiger charge is 2.12. The lowest BCUT2D eigenvalue weighted by atomic mass is 10.0. The summed E-state index contributed by atoms with van der Waals surface area (Å²) in [5.41, 5.74) is 1.94. The van der Waals surface area contributed by atoms with Crippen molar-refractivity contribution in [1.82, 2.24) is 5.32 Å². The molecule has 0 aliphatic carbocycles. The van der Waals surface area contributed by atoms with Crippen LogP contribution < -0.4 is 15.4 Å². The van der Waals surface area contributed by atoms with Gasteiger partial charge in [-0.25, -0.2) is 9.59 Å². The second-order valence-corrected chi connectivity index (χ2v) is 5.99. The van der Waals surface area contributed by atoms with E-state index in [0.717, 1.165) is 5.75 Å². The fourth-order valence-electron chi connectivity index (χ4n) is 2.33. The van der Waals surface area contributed by atoms with Crippen LogP contribution in [0.1, 0.15) is 35.7 Å². The molecule has 0 atom stereocenters. The molecule has 26 heavy (non-hydrogen) atoms. The number of rotatable bonds is 7. The number of methoxy groups -OCH3 is 1. The number of para-hydroxylation sites is 1. The molecule has 2 aromatic rings. The molecule has 2 N–H and O–H groups in total. The Labute approximate surface area is 153 Å². The van der Waals surface area contributed by atoms with Crippen molar-refractivity contribution in [1.29, 1.82) is 0 Å². The zero-order valence-corrected chi connectivity index (χ0v) is 15.2. The summed E-state index contributed by atoms with van der Waals surface area (Å²) in [4.78, 5) is 23.7. The van der Waals surface area contributed by atoms with Gasteiger partial charge in [-0.05, 0) is 35.7 Å². The Balaban J connectivity index is 1.78. The Morgan fingerprint density at radius 2 is 1.73 bits per heavy atom. The van der Waals surface area contributed by atoms with Gasteiger partial charge in [0, 0.05) is 0 Å². The number of hydrogen-bond acceptors (Lipinski definition) is 4. The minimum atomic E-state index is -0.505. The summed E-state index contributed by atoms with van der Waals surface area (Å²) in [5.74, 6) is 0.726. The molecule has 0 saturated carbocycles. The fourth-order valence-corrected chi connectivity index (χ4v) is 2.33. The SMILES string of the molecule is COC(=O)c1ccccc1NC(=O)NCCOc1ccc(C(C)C)cc1. The minimum absolute atomic E-state index is 0.298. The molecule has 2 aromatic carbocycles. The van der Waals surface area contributed by atoms with Crippen LogP contribution in [-0.4, -0.2) is 32.3 Å². The Morgan fingerprint density at radius 1 is 1.04 bits per heavy atom. The fraction of sp³-hybridized carbons (Fsp3) is 0.300. The Hall–Kier alpha value is -3.02. The molecule has 0 bridgehead atoms. The van der Waals surface area contributed by atoms with Gasteiger partial charge in [0.1, 0.15) is 12.4 Å². The lowest BCUT2D eigenvalue weighted by molar-refractivity contribution is 0.0602. The maximum atomic E-state index is 12.0. The van der Waals surface area contributed by atoms with Gasteiger partial charge in [-0.1, -0.05) is 38.1 Å². The maximum absolute atomic E-state index is 12.0. The van der Waals surface area contributed by atoms with Crippen LogP contribution in [0.3, 0.4) is 0 Å². The highest BCUT2D eigenvalue weighted by molar-refractivity contribution is 6.00. The molecule has 2 amide bonds. The number of anilines is 1. The van der Waals surface area contributed by atoms with E-state index in [-0.39, 0.29) is 0 Å². The van der Waals surface area contributed by atoms with Gasteiger partial charge in [0.25, 0.3) is 0 Å². The summed E-state index contributed by atoms with van der Waals surface area (Å²) in [5, 5.41) is 5.33. The van der Waals surface area contributed by atoms with Crippen molar-refractivity contribution >= 4 is 17.7 Å². The van der Waals surface area contributed by atoms with Crippen molar-refractivity contribution in [3.63, 3.8) is 0 Å². The summed E-state index contributed by atoms with van der Waals surface area (Å²) < 4.78 is 10.3. The number of hydrogen-bond donors (Lipinski definition) is 2. The molecule has 0 heterocycles. The summed E-state index contributed by atoms with van der Waals surface area (Å²) >= 11 is 0. The zero-order chi connectivity index (χ0) is 18.9. The molecule has 2 rings (SSSR count). The number of benzene rings is 2. The van der Waals surface area contributed by atoms with Crippen LogP contribution in [0, 0.1) is 0 Å². The van der Waals surface area contributed by atoms with Crippen molar-refractivity contribution in [2.75, 3.05) is 25.6 Å². The third kappa shape index (κ3) is 5.51. The van der Waals surface area contributed by atoms with Gasteiger partial charge in [0.05, 0.1) is 24.9 Å². The Morgan fingerprint density at radius 3 is 2.38 bits per heavy atom. The summed E-state index contributed by atoms with van der Waals surface area (Å²) in [6, 6.07) is 14.1. The van der Waals surface area contributed by atoms with Crippen molar-refractivity contribution < 1.29 is 19.1 Å². The van der Waals surface area contributed by atoms with Crippen LogP contribution in [0.5, 0.6) is 5.75 Å². The molecular weight excluding hydrogens is 332 g/mol. The highest BCUT2D eigenvalue weighted by atomic mass is 16.5. The predicted molar refractivity (Wildman–Crippen MR) is 101 cm³/mol. The molecule has 0 aromatic heterocycles. The number of amides is 2. The largest absolute Gasteiger partial charge is 0.492 e. The van der Waals surface area contributed by atoms with Gasteiger partial charge in [-0.3, -0.25) is 0 Å². The van der Waals surface area contributed by atoms with Gasteiger partial charge in [0.2, 0.25) is 0 Å². The van der Waals surface area contributed by atoms with E-state index in [1.54, 1.807) is 24.3 Å². The number of carbonyl (C=O) groups excluding carboxylic acids is 2. The number of nitrogens with one attached hydrogen (secondary N) is 2. The van der Waals surface area contributed by atoms with E-state index in [0.29, 0.717) is 30.3 Å². The second-order valence-electron chi connectivity index (χ2n) is 5.99. The molecular formula is C20H24N2O4. The minimum Gasteiger partial charge on any atom is -0.492 e. The Bertz CT molecular complexity index is 742. The van der Waals surface area contributed by atoms with Crippen molar-refractivity contribution in [2.45, 2.75) is 19.8 Å². The first-order valence-electron chi connectivity index (χ1n) is 8.46. The first-order chi connectivity index (χ1) is 12.5. The summed E-state index contributed by atoms with van der Waals surface area (Å²) in [6.07, 6.45) is 0. The number of ether oxygens (including phenoxy) is 2. The van der Waals surface area contributed by atoms with E-state index in [1.807, 2.05) is 24.3 Å². The third-order valence-corrected chi connectivity index (χ3v) is 3.78. The van der Waals surface area contributed by atoms with Crippen LogP contribution in [-0.2, 0) is 4.74 Å². The molecule has 0 fully saturated rings. The van der Waals surface area contributed by atoms with E-state index in [4.69, 9.17) is 9.47 Å². The summed E-state index contributed by atoms with van der Waals surface area (Å²) in [6.45, 7) is 4.94. The lowest BCUT2D eigenvalue weighted by Gasteiger charge is -2.12. The average molecular weight is 356 g/mol. The van der Waals surface area contributed by atoms with Gasteiger partial charge >= 0.3 is 12.0 Å². The molecule has 0 saturated heterocycles. The zero-order valence-electron chi connectivity index (χ0n) is 15.2. The predicted octanol–water partition coefficient (Wildman–Crippen LogP) is 3.80. The van der Waals surface area contributed by atoms with Crippen LogP contribution in [0.2, 0.25) is 0 Å². The smallest absolute Gasteiger partial charge is 0.339 e. The normalized spacial score (nSPS) is 10.3. The van der Waals surface area contributed by atoms with Gasteiger partial charge < -0.3 is 20.1 Å². The van der Waals surface area contributed by atoms with Crippen molar-refractivity contribution in [3.8, 4) is 5.75 Å². The molecule has 0 spiro atoms. The monoisotopic (exact) mass is 356 g/mol. The molecule has 0 aliphatic rings. The van der Waals surface area contributed by atoms with Crippen LogP contribution in [0.15, 0.2) is 48.5 Å². The van der Waals surface area contributed by atoms with Crippen LogP contribution in [0.25, 0.3) is 0 Å². The van der Waals surface area contributed by atoms with Crippen LogP contribution in [0.4, 0.5) is 10.5 Å². The van der Waals surface area contributed by atoms with E-state index < -0.39 is 12.0 Å². The molecule has 6 heteroatoms. The molecule has 0 unspecified atom stereocenters. The topological polar surface area (TPSA) is 76.7 Å². The first-order valence-corrected chi connectivity index (χ1v) is 8.46. The number of esters is 1. The van der Waals surface area contributed by atoms with Gasteiger partial charge in [-0.2, -0.15) is 0 Å². The van der Waals surface area contributed by atoms with Gasteiger partial charge in [0.15, 0.2) is 0 Å². The Kier molecular flexibility index (Phi) is 7.02. The highest BCUT2D eigenvalue weighted by Crippen LogP contribution is 2.18. The first kappa shape index (κ1) is 19.3. The summed E-state index contributed by atoms with van der Waals surface area (Å²) in [7, 11) is 1.30. The quantitative estimate of drug-likeness (QED) is 0.584.